The Hall–Kier alpha value is -2.58. The molecule has 0 aliphatic carbocycles. The number of nitrogens with zero attached hydrogens (tertiary/aromatic N) is 5. The van der Waals surface area contributed by atoms with E-state index < -0.39 is 11.9 Å². The van der Waals surface area contributed by atoms with Gasteiger partial charge in [0.25, 0.3) is 0 Å². The molecule has 0 fully saturated rings. The molecular formula is C15H17F3N6. The molecule has 0 saturated carbocycles. The molecule has 3 aromatic rings. The van der Waals surface area contributed by atoms with E-state index in [4.69, 9.17) is 0 Å². The molecule has 0 bridgehead atoms. The van der Waals surface area contributed by atoms with Crippen molar-refractivity contribution in [1.29, 1.82) is 0 Å². The maximum absolute atomic E-state index is 13.1. The van der Waals surface area contributed by atoms with E-state index in [0.29, 0.717) is 11.5 Å². The number of nitrogens with one attached hydrogen (secondary N) is 1. The first kappa shape index (κ1) is 16.3. The summed E-state index contributed by atoms with van der Waals surface area (Å²) in [6, 6.07) is 0. The summed E-state index contributed by atoms with van der Waals surface area (Å²) in [5.74, 6) is 0.593. The fourth-order valence-electron chi connectivity index (χ4n) is 2.80. The molecule has 0 unspecified atom stereocenters. The van der Waals surface area contributed by atoms with Gasteiger partial charge in [-0.25, -0.2) is 9.97 Å². The molecule has 0 radical (unpaired) electrons. The molecule has 0 spiro atoms. The number of anilines is 1. The minimum Gasteiger partial charge on any atom is -0.355 e. The smallest absolute Gasteiger partial charge is 0.355 e. The Morgan fingerprint density at radius 3 is 2.67 bits per heavy atom. The second-order valence-electron chi connectivity index (χ2n) is 5.62. The van der Waals surface area contributed by atoms with Crippen molar-refractivity contribution < 1.29 is 13.2 Å². The van der Waals surface area contributed by atoms with E-state index in [0.717, 1.165) is 17.4 Å². The van der Waals surface area contributed by atoms with Gasteiger partial charge in [-0.3, -0.25) is 4.68 Å². The molecule has 0 aliphatic rings. The van der Waals surface area contributed by atoms with Crippen molar-refractivity contribution in [1.82, 2.24) is 24.7 Å². The number of hydrogen-bond acceptors (Lipinski definition) is 4. The quantitative estimate of drug-likeness (QED) is 0.794. The van der Waals surface area contributed by atoms with E-state index in [1.54, 1.807) is 11.9 Å². The van der Waals surface area contributed by atoms with Gasteiger partial charge in [0.15, 0.2) is 5.69 Å². The third kappa shape index (κ3) is 2.81. The third-order valence-corrected chi connectivity index (χ3v) is 3.85. The number of aromatic nitrogens is 5. The first-order valence-corrected chi connectivity index (χ1v) is 7.43. The Balaban J connectivity index is 2.00. The van der Waals surface area contributed by atoms with Crippen LogP contribution < -0.4 is 4.90 Å². The zero-order valence-electron chi connectivity index (χ0n) is 13.5. The Labute approximate surface area is 136 Å². The predicted molar refractivity (Wildman–Crippen MR) is 83.6 cm³/mol. The normalized spacial score (nSPS) is 12.1. The zero-order chi connectivity index (χ0) is 17.5. The van der Waals surface area contributed by atoms with Gasteiger partial charge in [0.1, 0.15) is 17.8 Å². The number of hydrogen-bond donors (Lipinski definition) is 1. The van der Waals surface area contributed by atoms with Crippen LogP contribution in [-0.2, 0) is 26.2 Å². The van der Waals surface area contributed by atoms with Crippen molar-refractivity contribution in [2.75, 3.05) is 11.9 Å². The third-order valence-electron chi connectivity index (χ3n) is 3.85. The maximum Gasteiger partial charge on any atom is 0.435 e. The van der Waals surface area contributed by atoms with Crippen molar-refractivity contribution in [3.8, 4) is 0 Å². The minimum absolute atomic E-state index is 0.0448. The van der Waals surface area contributed by atoms with Crippen LogP contribution in [0.1, 0.15) is 23.7 Å². The number of rotatable bonds is 4. The fourth-order valence-corrected chi connectivity index (χ4v) is 2.80. The average Bonchev–Trinajstić information content (AvgIpc) is 3.09. The lowest BCUT2D eigenvalue weighted by molar-refractivity contribution is -0.142. The molecular weight excluding hydrogens is 321 g/mol. The van der Waals surface area contributed by atoms with Crippen LogP contribution in [0, 0.1) is 0 Å². The van der Waals surface area contributed by atoms with Gasteiger partial charge in [-0.1, -0.05) is 6.92 Å². The lowest BCUT2D eigenvalue weighted by Crippen LogP contribution is -2.20. The number of H-pyrrole nitrogens is 1. The number of aryl methyl sites for hydroxylation is 2. The highest BCUT2D eigenvalue weighted by molar-refractivity contribution is 5.90. The number of fused-ring (bicyclic) bond motifs is 1. The molecule has 0 amide bonds. The zero-order valence-corrected chi connectivity index (χ0v) is 13.5. The van der Waals surface area contributed by atoms with Crippen LogP contribution in [-0.4, -0.2) is 31.8 Å². The molecule has 0 aliphatic heterocycles. The molecule has 3 rings (SSSR count). The van der Waals surface area contributed by atoms with E-state index >= 15 is 0 Å². The molecule has 0 saturated heterocycles. The number of alkyl halides is 3. The van der Waals surface area contributed by atoms with E-state index in [1.807, 2.05) is 13.1 Å². The van der Waals surface area contributed by atoms with Crippen molar-refractivity contribution >= 4 is 16.9 Å². The average molecular weight is 338 g/mol. The van der Waals surface area contributed by atoms with Crippen LogP contribution in [0.4, 0.5) is 19.0 Å². The Morgan fingerprint density at radius 1 is 1.25 bits per heavy atom. The standard InChI is InChI=1S/C15H17F3N6/c1-4-9-5-19-13-11(9)14(21-8-20-13)23(2)6-10-7-24(3)22-12(10)15(16,17)18/h5,7-8H,4,6H2,1-3H3,(H,19,20,21). The molecule has 24 heavy (non-hydrogen) atoms. The maximum atomic E-state index is 13.1. The number of halogens is 3. The summed E-state index contributed by atoms with van der Waals surface area (Å²) in [6.45, 7) is 2.05. The van der Waals surface area contributed by atoms with Gasteiger partial charge in [0.05, 0.1) is 5.39 Å². The highest BCUT2D eigenvalue weighted by Gasteiger charge is 2.37. The molecule has 9 heteroatoms. The van der Waals surface area contributed by atoms with Gasteiger partial charge in [-0.15, -0.1) is 0 Å². The van der Waals surface area contributed by atoms with Crippen LogP contribution in [0.3, 0.4) is 0 Å². The molecule has 3 heterocycles. The molecule has 3 aromatic heterocycles. The van der Waals surface area contributed by atoms with E-state index in [1.165, 1.54) is 24.3 Å². The van der Waals surface area contributed by atoms with Gasteiger partial charge in [-0.2, -0.15) is 18.3 Å². The van der Waals surface area contributed by atoms with E-state index in [-0.39, 0.29) is 12.1 Å². The lowest BCUT2D eigenvalue weighted by Gasteiger charge is -2.19. The topological polar surface area (TPSA) is 62.6 Å². The highest BCUT2D eigenvalue weighted by Crippen LogP contribution is 2.32. The monoisotopic (exact) mass is 338 g/mol. The van der Waals surface area contributed by atoms with Crippen LogP contribution in [0.5, 0.6) is 0 Å². The first-order chi connectivity index (χ1) is 11.3. The summed E-state index contributed by atoms with van der Waals surface area (Å²) < 4.78 is 40.5. The Kier molecular flexibility index (Phi) is 3.94. The largest absolute Gasteiger partial charge is 0.435 e. The van der Waals surface area contributed by atoms with Gasteiger partial charge >= 0.3 is 6.18 Å². The summed E-state index contributed by atoms with van der Waals surface area (Å²) >= 11 is 0. The molecule has 0 atom stereocenters. The van der Waals surface area contributed by atoms with Crippen molar-refractivity contribution in [2.24, 2.45) is 7.05 Å². The van der Waals surface area contributed by atoms with Crippen LogP contribution >= 0.6 is 0 Å². The van der Waals surface area contributed by atoms with Gasteiger partial charge in [0.2, 0.25) is 0 Å². The Bertz CT molecular complexity index is 864. The van der Waals surface area contributed by atoms with Gasteiger partial charge in [0, 0.05) is 38.6 Å². The van der Waals surface area contributed by atoms with E-state index in [2.05, 4.69) is 20.1 Å². The van der Waals surface area contributed by atoms with Crippen LogP contribution in [0.2, 0.25) is 0 Å². The molecule has 128 valence electrons. The van der Waals surface area contributed by atoms with Crippen molar-refractivity contribution in [3.05, 3.63) is 35.5 Å². The summed E-state index contributed by atoms with van der Waals surface area (Å²) in [5.41, 5.74) is 0.931. The van der Waals surface area contributed by atoms with Gasteiger partial charge < -0.3 is 9.88 Å². The van der Waals surface area contributed by atoms with Crippen molar-refractivity contribution in [2.45, 2.75) is 26.1 Å². The highest BCUT2D eigenvalue weighted by atomic mass is 19.4. The number of aromatic amines is 1. The van der Waals surface area contributed by atoms with Crippen molar-refractivity contribution in [3.63, 3.8) is 0 Å². The summed E-state index contributed by atoms with van der Waals surface area (Å²) in [6.07, 6.45) is 0.922. The molecule has 6 nitrogen and oxygen atoms in total. The van der Waals surface area contributed by atoms with Crippen LogP contribution in [0.25, 0.3) is 11.0 Å². The minimum atomic E-state index is -4.49. The molecule has 0 aromatic carbocycles. The molecule has 1 N–H and O–H groups in total. The summed E-state index contributed by atoms with van der Waals surface area (Å²) in [5, 5.41) is 4.37. The Morgan fingerprint density at radius 2 is 2.00 bits per heavy atom. The predicted octanol–water partition coefficient (Wildman–Crippen LogP) is 2.91. The first-order valence-electron chi connectivity index (χ1n) is 7.43. The lowest BCUT2D eigenvalue weighted by atomic mass is 10.1. The second kappa shape index (κ2) is 5.81. The summed E-state index contributed by atoms with van der Waals surface area (Å²) in [4.78, 5) is 13.2. The van der Waals surface area contributed by atoms with Crippen LogP contribution in [0.15, 0.2) is 18.7 Å². The van der Waals surface area contributed by atoms with Gasteiger partial charge in [-0.05, 0) is 12.0 Å². The van der Waals surface area contributed by atoms with E-state index in [9.17, 15) is 13.2 Å². The summed E-state index contributed by atoms with van der Waals surface area (Å²) in [7, 11) is 3.18. The second-order valence-corrected chi connectivity index (χ2v) is 5.62. The fraction of sp³-hybridized carbons (Fsp3) is 0.400. The SMILES string of the molecule is CCc1c[nH]c2ncnc(N(C)Cc3cn(C)nc3C(F)(F)F)c12.